The third-order valence-electron chi connectivity index (χ3n) is 7.85. The van der Waals surface area contributed by atoms with Crippen LogP contribution >= 0.6 is 0 Å². The molecule has 0 aliphatic heterocycles. The molecule has 0 heterocycles. The van der Waals surface area contributed by atoms with E-state index in [0.717, 1.165) is 32.1 Å². The largest absolute Gasteiger partial charge is 0.481 e. The zero-order valence-electron chi connectivity index (χ0n) is 16.5. The van der Waals surface area contributed by atoms with Gasteiger partial charge >= 0.3 is 5.97 Å². The van der Waals surface area contributed by atoms with Gasteiger partial charge in [-0.2, -0.15) is 0 Å². The van der Waals surface area contributed by atoms with E-state index >= 15 is 0 Å². The molecule has 2 N–H and O–H groups in total. The van der Waals surface area contributed by atoms with E-state index in [0.29, 0.717) is 23.8 Å². The summed E-state index contributed by atoms with van der Waals surface area (Å²) in [5.41, 5.74) is 2.88. The first-order valence-electron chi connectivity index (χ1n) is 10.3. The summed E-state index contributed by atoms with van der Waals surface area (Å²) in [5, 5.41) is 19.0. The predicted molar refractivity (Wildman–Crippen MR) is 103 cm³/mol. The SMILES string of the molecule is C[C@]12CCC(=O)C=C1CC[C@@H]1C2=CC[C@]2(C)C(C(=O)C(O)CC(=O)O)=CC[C@@H]12. The highest BCUT2D eigenvalue weighted by molar-refractivity contribution is 6.02. The van der Waals surface area contributed by atoms with Gasteiger partial charge in [0.2, 0.25) is 0 Å². The number of carboxylic acid groups (broad SMARTS) is 1. The second kappa shape index (κ2) is 6.51. The molecule has 1 fully saturated rings. The van der Waals surface area contributed by atoms with Crippen LogP contribution in [0.4, 0.5) is 0 Å². The lowest BCUT2D eigenvalue weighted by Crippen LogP contribution is -2.45. The van der Waals surface area contributed by atoms with E-state index in [-0.39, 0.29) is 16.6 Å². The Kier molecular flexibility index (Phi) is 4.49. The van der Waals surface area contributed by atoms with E-state index in [1.54, 1.807) is 0 Å². The van der Waals surface area contributed by atoms with Crippen molar-refractivity contribution in [2.45, 2.75) is 64.9 Å². The maximum absolute atomic E-state index is 12.8. The molecule has 0 saturated heterocycles. The Morgan fingerprint density at radius 2 is 2.00 bits per heavy atom. The fraction of sp³-hybridized carbons (Fsp3) is 0.609. The number of ketones is 2. The van der Waals surface area contributed by atoms with Crippen LogP contribution in [-0.2, 0) is 14.4 Å². The summed E-state index contributed by atoms with van der Waals surface area (Å²) in [6.07, 6.45) is 8.90. The number of hydrogen-bond donors (Lipinski definition) is 2. The highest BCUT2D eigenvalue weighted by Crippen LogP contribution is 2.63. The molecule has 150 valence electrons. The third kappa shape index (κ3) is 2.74. The maximum atomic E-state index is 12.8. The summed E-state index contributed by atoms with van der Waals surface area (Å²) in [6, 6.07) is 0. The molecule has 0 aromatic heterocycles. The van der Waals surface area contributed by atoms with Crippen molar-refractivity contribution in [1.82, 2.24) is 0 Å². The molecule has 1 saturated carbocycles. The van der Waals surface area contributed by atoms with Crippen molar-refractivity contribution in [3.63, 3.8) is 0 Å². The van der Waals surface area contributed by atoms with Gasteiger partial charge in [-0.1, -0.05) is 37.1 Å². The van der Waals surface area contributed by atoms with Gasteiger partial charge in [0.05, 0.1) is 6.42 Å². The topological polar surface area (TPSA) is 91.7 Å². The molecule has 4 rings (SSSR count). The van der Waals surface area contributed by atoms with Crippen LogP contribution in [0.5, 0.6) is 0 Å². The molecule has 0 aromatic rings. The molecular weight excluding hydrogens is 356 g/mol. The van der Waals surface area contributed by atoms with Crippen molar-refractivity contribution >= 4 is 17.5 Å². The summed E-state index contributed by atoms with van der Waals surface area (Å²) >= 11 is 0. The van der Waals surface area contributed by atoms with Crippen molar-refractivity contribution in [3.05, 3.63) is 34.9 Å². The van der Waals surface area contributed by atoms with E-state index in [1.165, 1.54) is 11.1 Å². The number of allylic oxidation sites excluding steroid dienone is 5. The standard InChI is InChI=1S/C23H28O5/c1-22-9-7-14(24)11-13(22)3-4-15-16-5-6-18(21(28)19(25)12-20(26)27)23(16,2)10-8-17(15)22/h6,8,11,15-16,19,25H,3-5,7,9-10,12H2,1-2H3,(H,26,27)/t15-,16-,19?,22-,23-/m0/s1. The molecule has 5 atom stereocenters. The Balaban J connectivity index is 1.64. The number of carbonyl (C=O) groups is 3. The molecule has 4 aliphatic carbocycles. The number of hydrogen-bond acceptors (Lipinski definition) is 4. The summed E-state index contributed by atoms with van der Waals surface area (Å²) in [5.74, 6) is -0.713. The van der Waals surface area contributed by atoms with Crippen LogP contribution in [0.15, 0.2) is 34.9 Å². The van der Waals surface area contributed by atoms with Gasteiger partial charge in [-0.15, -0.1) is 0 Å². The predicted octanol–water partition coefficient (Wildman–Crippen LogP) is 3.38. The normalized spacial score (nSPS) is 37.7. The number of Topliss-reactive ketones (excluding diaryl/α,β-unsaturated/α-hetero) is 1. The number of aliphatic hydroxyl groups is 1. The lowest BCUT2D eigenvalue weighted by atomic mass is 9.51. The van der Waals surface area contributed by atoms with Gasteiger partial charge < -0.3 is 10.2 Å². The van der Waals surface area contributed by atoms with E-state index in [1.807, 2.05) is 12.2 Å². The number of carboxylic acids is 1. The summed E-state index contributed by atoms with van der Waals surface area (Å²) in [7, 11) is 0. The molecule has 28 heavy (non-hydrogen) atoms. The van der Waals surface area contributed by atoms with Crippen molar-refractivity contribution in [1.29, 1.82) is 0 Å². The molecule has 0 bridgehead atoms. The quantitative estimate of drug-likeness (QED) is 0.725. The Labute approximate surface area is 165 Å². The van der Waals surface area contributed by atoms with Crippen LogP contribution in [0.2, 0.25) is 0 Å². The summed E-state index contributed by atoms with van der Waals surface area (Å²) in [4.78, 5) is 35.6. The van der Waals surface area contributed by atoms with Gasteiger partial charge in [0.15, 0.2) is 11.6 Å². The number of fused-ring (bicyclic) bond motifs is 5. The van der Waals surface area contributed by atoms with E-state index in [9.17, 15) is 19.5 Å². The zero-order valence-corrected chi connectivity index (χ0v) is 16.5. The van der Waals surface area contributed by atoms with Crippen molar-refractivity contribution in [2.24, 2.45) is 22.7 Å². The van der Waals surface area contributed by atoms with Crippen LogP contribution in [0.25, 0.3) is 0 Å². The van der Waals surface area contributed by atoms with Crippen molar-refractivity contribution in [2.75, 3.05) is 0 Å². The Morgan fingerprint density at radius 1 is 1.25 bits per heavy atom. The monoisotopic (exact) mass is 384 g/mol. The molecule has 0 amide bonds. The molecule has 0 spiro atoms. The minimum atomic E-state index is -1.48. The Bertz CT molecular complexity index is 847. The van der Waals surface area contributed by atoms with Gasteiger partial charge in [-0.05, 0) is 50.0 Å². The fourth-order valence-electron chi connectivity index (χ4n) is 6.26. The molecular formula is C23H28O5. The minimum Gasteiger partial charge on any atom is -0.481 e. The molecule has 1 unspecified atom stereocenters. The number of aliphatic carboxylic acids is 1. The van der Waals surface area contributed by atoms with Gasteiger partial charge in [-0.3, -0.25) is 14.4 Å². The van der Waals surface area contributed by atoms with Crippen LogP contribution in [-0.4, -0.2) is 33.9 Å². The summed E-state index contributed by atoms with van der Waals surface area (Å²) in [6.45, 7) is 4.35. The second-order valence-electron chi connectivity index (χ2n) is 9.33. The molecule has 4 aliphatic rings. The third-order valence-corrected chi connectivity index (χ3v) is 7.85. The first kappa shape index (κ1) is 19.3. The number of rotatable bonds is 4. The van der Waals surface area contributed by atoms with Crippen molar-refractivity contribution in [3.8, 4) is 0 Å². The van der Waals surface area contributed by atoms with Gasteiger partial charge in [0, 0.05) is 22.8 Å². The van der Waals surface area contributed by atoms with Crippen molar-refractivity contribution < 1.29 is 24.6 Å². The van der Waals surface area contributed by atoms with Gasteiger partial charge in [0.25, 0.3) is 0 Å². The average Bonchev–Trinajstić information content (AvgIpc) is 2.98. The maximum Gasteiger partial charge on any atom is 0.306 e. The molecule has 0 radical (unpaired) electrons. The van der Waals surface area contributed by atoms with E-state index < -0.39 is 24.3 Å². The second-order valence-corrected chi connectivity index (χ2v) is 9.33. The van der Waals surface area contributed by atoms with Crippen LogP contribution in [0.1, 0.15) is 58.8 Å². The zero-order chi connectivity index (χ0) is 20.3. The van der Waals surface area contributed by atoms with Crippen LogP contribution < -0.4 is 0 Å². The first-order valence-corrected chi connectivity index (χ1v) is 10.3. The molecule has 5 nitrogen and oxygen atoms in total. The molecule has 0 aromatic carbocycles. The van der Waals surface area contributed by atoms with Crippen LogP contribution in [0, 0.1) is 22.7 Å². The van der Waals surface area contributed by atoms with E-state index in [2.05, 4.69) is 19.9 Å². The average molecular weight is 384 g/mol. The first-order chi connectivity index (χ1) is 13.2. The lowest BCUT2D eigenvalue weighted by Gasteiger charge is -2.53. The minimum absolute atomic E-state index is 0.0479. The lowest BCUT2D eigenvalue weighted by molar-refractivity contribution is -0.142. The number of carbonyl (C=O) groups excluding carboxylic acids is 2. The highest BCUT2D eigenvalue weighted by atomic mass is 16.4. The molecule has 5 heteroatoms. The Hall–Kier alpha value is -2.01. The smallest absolute Gasteiger partial charge is 0.306 e. The highest BCUT2D eigenvalue weighted by Gasteiger charge is 2.55. The number of aliphatic hydroxyl groups excluding tert-OH is 1. The van der Waals surface area contributed by atoms with Crippen LogP contribution in [0.3, 0.4) is 0 Å². The van der Waals surface area contributed by atoms with Gasteiger partial charge in [0.1, 0.15) is 6.10 Å². The van der Waals surface area contributed by atoms with Gasteiger partial charge in [-0.25, -0.2) is 0 Å². The summed E-state index contributed by atoms with van der Waals surface area (Å²) < 4.78 is 0. The van der Waals surface area contributed by atoms with E-state index in [4.69, 9.17) is 5.11 Å². The fourth-order valence-corrected chi connectivity index (χ4v) is 6.26. The Morgan fingerprint density at radius 3 is 2.71 bits per heavy atom.